The largest absolute Gasteiger partial charge is 0.493 e. The summed E-state index contributed by atoms with van der Waals surface area (Å²) in [5.41, 5.74) is 7.27. The van der Waals surface area contributed by atoms with Crippen LogP contribution >= 0.6 is 0 Å². The van der Waals surface area contributed by atoms with Crippen LogP contribution in [0.3, 0.4) is 0 Å². The Labute approximate surface area is 103 Å². The second-order valence-corrected chi connectivity index (χ2v) is 4.73. The average molecular weight is 235 g/mol. The molecule has 0 aliphatic heterocycles. The molecule has 1 aliphatic carbocycles. The van der Waals surface area contributed by atoms with E-state index < -0.39 is 0 Å². The van der Waals surface area contributed by atoms with Gasteiger partial charge in [0.05, 0.1) is 14.2 Å². The van der Waals surface area contributed by atoms with Crippen molar-refractivity contribution < 1.29 is 9.47 Å². The molecule has 1 aliphatic rings. The van der Waals surface area contributed by atoms with Crippen LogP contribution in [0.5, 0.6) is 11.5 Å². The Morgan fingerprint density at radius 3 is 2.24 bits per heavy atom. The molecule has 0 unspecified atom stereocenters. The second-order valence-electron chi connectivity index (χ2n) is 4.73. The summed E-state index contributed by atoms with van der Waals surface area (Å²) in [7, 11) is 3.34. The molecule has 17 heavy (non-hydrogen) atoms. The Morgan fingerprint density at radius 2 is 1.65 bits per heavy atom. The van der Waals surface area contributed by atoms with Crippen molar-refractivity contribution >= 4 is 0 Å². The van der Waals surface area contributed by atoms with Crippen molar-refractivity contribution in [2.45, 2.75) is 37.6 Å². The predicted molar refractivity (Wildman–Crippen MR) is 68.7 cm³/mol. The van der Waals surface area contributed by atoms with Crippen molar-refractivity contribution in [3.63, 3.8) is 0 Å². The van der Waals surface area contributed by atoms with E-state index in [2.05, 4.69) is 12.1 Å². The quantitative estimate of drug-likeness (QED) is 0.876. The minimum absolute atomic E-state index is 0.395. The van der Waals surface area contributed by atoms with E-state index in [1.807, 2.05) is 6.07 Å². The van der Waals surface area contributed by atoms with Gasteiger partial charge in [-0.3, -0.25) is 0 Å². The van der Waals surface area contributed by atoms with Crippen LogP contribution in [0.1, 0.15) is 37.2 Å². The third-order valence-electron chi connectivity index (χ3n) is 3.65. The van der Waals surface area contributed by atoms with Crippen molar-refractivity contribution in [2.24, 2.45) is 5.73 Å². The molecule has 2 N–H and O–H groups in total. The minimum atomic E-state index is 0.395. The van der Waals surface area contributed by atoms with Crippen molar-refractivity contribution in [3.8, 4) is 11.5 Å². The smallest absolute Gasteiger partial charge is 0.160 e. The third kappa shape index (κ3) is 2.72. The van der Waals surface area contributed by atoms with Gasteiger partial charge < -0.3 is 15.2 Å². The number of rotatable bonds is 3. The summed E-state index contributed by atoms with van der Waals surface area (Å²) in [6, 6.07) is 6.62. The van der Waals surface area contributed by atoms with Crippen molar-refractivity contribution in [1.29, 1.82) is 0 Å². The molecule has 1 aromatic carbocycles. The van der Waals surface area contributed by atoms with E-state index in [1.165, 1.54) is 18.4 Å². The highest BCUT2D eigenvalue weighted by Crippen LogP contribution is 2.36. The van der Waals surface area contributed by atoms with Gasteiger partial charge in [-0.2, -0.15) is 0 Å². The summed E-state index contributed by atoms with van der Waals surface area (Å²) in [5, 5.41) is 0. The zero-order valence-corrected chi connectivity index (χ0v) is 10.6. The van der Waals surface area contributed by atoms with Gasteiger partial charge in [-0.15, -0.1) is 0 Å². The standard InChI is InChI=1S/C14H21NO2/c1-16-13-8-5-11(9-14(13)17-2)10-3-6-12(15)7-4-10/h5,8-10,12H,3-4,6-7,15H2,1-2H3. The first kappa shape index (κ1) is 12.2. The maximum atomic E-state index is 5.93. The number of nitrogens with two attached hydrogens (primary N) is 1. The Balaban J connectivity index is 2.16. The minimum Gasteiger partial charge on any atom is -0.493 e. The van der Waals surface area contributed by atoms with Crippen LogP contribution in [0.15, 0.2) is 18.2 Å². The summed E-state index contributed by atoms with van der Waals surface area (Å²) in [6.07, 6.45) is 4.60. The number of hydrogen-bond acceptors (Lipinski definition) is 3. The van der Waals surface area contributed by atoms with E-state index in [9.17, 15) is 0 Å². The summed E-state index contributed by atoms with van der Waals surface area (Å²) in [4.78, 5) is 0. The van der Waals surface area contributed by atoms with Gasteiger partial charge in [0.15, 0.2) is 11.5 Å². The van der Waals surface area contributed by atoms with E-state index in [0.717, 1.165) is 24.3 Å². The highest BCUT2D eigenvalue weighted by Gasteiger charge is 2.20. The van der Waals surface area contributed by atoms with Gasteiger partial charge in [-0.05, 0) is 49.3 Å². The first-order valence-corrected chi connectivity index (χ1v) is 6.22. The fourth-order valence-corrected chi connectivity index (χ4v) is 2.56. The first-order valence-electron chi connectivity index (χ1n) is 6.22. The third-order valence-corrected chi connectivity index (χ3v) is 3.65. The van der Waals surface area contributed by atoms with Crippen LogP contribution in [0, 0.1) is 0 Å². The van der Waals surface area contributed by atoms with Gasteiger partial charge in [-0.25, -0.2) is 0 Å². The molecule has 3 nitrogen and oxygen atoms in total. The molecular weight excluding hydrogens is 214 g/mol. The Morgan fingerprint density at radius 1 is 1.00 bits per heavy atom. The fourth-order valence-electron chi connectivity index (χ4n) is 2.56. The first-order chi connectivity index (χ1) is 8.24. The lowest BCUT2D eigenvalue weighted by Gasteiger charge is -2.26. The number of methoxy groups -OCH3 is 2. The molecule has 1 saturated carbocycles. The number of benzene rings is 1. The lowest BCUT2D eigenvalue weighted by atomic mass is 9.82. The van der Waals surface area contributed by atoms with Gasteiger partial charge in [0, 0.05) is 6.04 Å². The highest BCUT2D eigenvalue weighted by atomic mass is 16.5. The van der Waals surface area contributed by atoms with Crippen molar-refractivity contribution in [1.82, 2.24) is 0 Å². The molecule has 0 spiro atoms. The van der Waals surface area contributed by atoms with Gasteiger partial charge in [0.2, 0.25) is 0 Å². The lowest BCUT2D eigenvalue weighted by molar-refractivity contribution is 0.352. The van der Waals surface area contributed by atoms with Gasteiger partial charge >= 0.3 is 0 Å². The van der Waals surface area contributed by atoms with Crippen LogP contribution in [-0.2, 0) is 0 Å². The molecule has 1 fully saturated rings. The van der Waals surface area contributed by atoms with E-state index in [4.69, 9.17) is 15.2 Å². The van der Waals surface area contributed by atoms with Crippen LogP contribution in [0.25, 0.3) is 0 Å². The molecule has 2 rings (SSSR count). The second kappa shape index (κ2) is 5.41. The number of ether oxygens (including phenoxy) is 2. The van der Waals surface area contributed by atoms with Gasteiger partial charge in [0.25, 0.3) is 0 Å². The SMILES string of the molecule is COc1ccc(C2CCC(N)CC2)cc1OC. The maximum Gasteiger partial charge on any atom is 0.160 e. The Bertz CT molecular complexity index is 370. The Hall–Kier alpha value is -1.22. The zero-order chi connectivity index (χ0) is 12.3. The van der Waals surface area contributed by atoms with E-state index >= 15 is 0 Å². The van der Waals surface area contributed by atoms with E-state index in [-0.39, 0.29) is 0 Å². The topological polar surface area (TPSA) is 44.5 Å². The summed E-state index contributed by atoms with van der Waals surface area (Å²) < 4.78 is 10.6. The normalized spacial score (nSPS) is 24.4. The molecule has 3 heteroatoms. The fraction of sp³-hybridized carbons (Fsp3) is 0.571. The van der Waals surface area contributed by atoms with Crippen LogP contribution < -0.4 is 15.2 Å². The van der Waals surface area contributed by atoms with E-state index in [1.54, 1.807) is 14.2 Å². The van der Waals surface area contributed by atoms with E-state index in [0.29, 0.717) is 12.0 Å². The van der Waals surface area contributed by atoms with Crippen molar-refractivity contribution in [2.75, 3.05) is 14.2 Å². The van der Waals surface area contributed by atoms with Crippen molar-refractivity contribution in [3.05, 3.63) is 23.8 Å². The molecule has 0 amide bonds. The molecule has 94 valence electrons. The van der Waals surface area contributed by atoms with Gasteiger partial charge in [0.1, 0.15) is 0 Å². The molecule has 0 saturated heterocycles. The molecule has 1 aromatic rings. The molecule has 0 radical (unpaired) electrons. The zero-order valence-electron chi connectivity index (χ0n) is 10.6. The Kier molecular flexibility index (Phi) is 3.89. The average Bonchev–Trinajstić information content (AvgIpc) is 2.39. The summed E-state index contributed by atoms with van der Waals surface area (Å²) >= 11 is 0. The monoisotopic (exact) mass is 235 g/mol. The lowest BCUT2D eigenvalue weighted by Crippen LogP contribution is -2.25. The molecule has 0 bridgehead atoms. The van der Waals surface area contributed by atoms with Gasteiger partial charge in [-0.1, -0.05) is 6.07 Å². The highest BCUT2D eigenvalue weighted by molar-refractivity contribution is 5.44. The number of hydrogen-bond donors (Lipinski definition) is 1. The van der Waals surface area contributed by atoms with Crippen LogP contribution in [0.4, 0.5) is 0 Å². The van der Waals surface area contributed by atoms with Crippen LogP contribution in [-0.4, -0.2) is 20.3 Å². The molecule has 0 atom stereocenters. The predicted octanol–water partition coefficient (Wildman–Crippen LogP) is 2.69. The summed E-state index contributed by atoms with van der Waals surface area (Å²) in [6.45, 7) is 0. The molecule has 0 aromatic heterocycles. The maximum absolute atomic E-state index is 5.93. The summed E-state index contributed by atoms with van der Waals surface area (Å²) in [5.74, 6) is 2.23. The molecular formula is C14H21NO2. The molecule has 0 heterocycles. The van der Waals surface area contributed by atoms with Crippen LogP contribution in [0.2, 0.25) is 0 Å².